The summed E-state index contributed by atoms with van der Waals surface area (Å²) in [5.74, 6) is -0.757. The minimum atomic E-state index is -0.811. The highest BCUT2D eigenvalue weighted by Gasteiger charge is 2.32. The van der Waals surface area contributed by atoms with Crippen molar-refractivity contribution in [3.8, 4) is 0 Å². The first-order valence-electron chi connectivity index (χ1n) is 7.25. The standard InChI is InChI=1S/C14H28N2O3/c1-4-8-15-14(2,13(17)18)7-11-16-9-5-12(19-3)6-10-16/h12,15H,4-11H2,1-3H3,(H,17,18). The molecule has 1 fully saturated rings. The van der Waals surface area contributed by atoms with Gasteiger partial charge in [-0.2, -0.15) is 0 Å². The van der Waals surface area contributed by atoms with E-state index in [1.807, 2.05) is 6.92 Å². The lowest BCUT2D eigenvalue weighted by atomic mass is 9.96. The van der Waals surface area contributed by atoms with Crippen molar-refractivity contribution in [3.05, 3.63) is 0 Å². The van der Waals surface area contributed by atoms with Crippen LogP contribution in [0.5, 0.6) is 0 Å². The second kappa shape index (κ2) is 7.82. The largest absolute Gasteiger partial charge is 0.480 e. The van der Waals surface area contributed by atoms with E-state index in [9.17, 15) is 9.90 Å². The monoisotopic (exact) mass is 272 g/mol. The molecule has 0 radical (unpaired) electrons. The summed E-state index contributed by atoms with van der Waals surface area (Å²) in [7, 11) is 1.76. The molecule has 0 aromatic heterocycles. The maximum Gasteiger partial charge on any atom is 0.323 e. The zero-order valence-corrected chi connectivity index (χ0v) is 12.4. The summed E-state index contributed by atoms with van der Waals surface area (Å²) in [5, 5.41) is 12.5. The normalized spacial score (nSPS) is 21.2. The Morgan fingerprint density at radius 3 is 2.58 bits per heavy atom. The van der Waals surface area contributed by atoms with Gasteiger partial charge in [-0.3, -0.25) is 4.79 Å². The molecule has 1 saturated heterocycles. The van der Waals surface area contributed by atoms with Crippen LogP contribution < -0.4 is 5.32 Å². The second-order valence-electron chi connectivity index (χ2n) is 5.59. The fourth-order valence-corrected chi connectivity index (χ4v) is 2.42. The van der Waals surface area contributed by atoms with Crippen molar-refractivity contribution >= 4 is 5.97 Å². The van der Waals surface area contributed by atoms with E-state index in [0.717, 1.165) is 45.4 Å². The van der Waals surface area contributed by atoms with Gasteiger partial charge < -0.3 is 20.1 Å². The van der Waals surface area contributed by atoms with Crippen molar-refractivity contribution < 1.29 is 14.6 Å². The van der Waals surface area contributed by atoms with Gasteiger partial charge in [-0.05, 0) is 39.2 Å². The maximum absolute atomic E-state index is 11.4. The Morgan fingerprint density at radius 2 is 2.11 bits per heavy atom. The van der Waals surface area contributed by atoms with Crippen LogP contribution in [0, 0.1) is 0 Å². The summed E-state index contributed by atoms with van der Waals surface area (Å²) in [6.45, 7) is 7.41. The van der Waals surface area contributed by atoms with Gasteiger partial charge in [0.1, 0.15) is 5.54 Å². The zero-order valence-electron chi connectivity index (χ0n) is 12.4. The topological polar surface area (TPSA) is 61.8 Å². The number of hydrogen-bond acceptors (Lipinski definition) is 4. The molecule has 0 bridgehead atoms. The van der Waals surface area contributed by atoms with Gasteiger partial charge in [-0.15, -0.1) is 0 Å². The molecule has 1 aliphatic heterocycles. The predicted molar refractivity (Wildman–Crippen MR) is 75.4 cm³/mol. The van der Waals surface area contributed by atoms with Crippen LogP contribution in [-0.4, -0.2) is 60.9 Å². The molecule has 19 heavy (non-hydrogen) atoms. The van der Waals surface area contributed by atoms with Crippen LogP contribution in [0.1, 0.15) is 39.5 Å². The highest BCUT2D eigenvalue weighted by molar-refractivity contribution is 5.78. The molecular formula is C14H28N2O3. The van der Waals surface area contributed by atoms with E-state index in [4.69, 9.17) is 4.74 Å². The molecule has 1 rings (SSSR count). The van der Waals surface area contributed by atoms with Crippen LogP contribution in [0.15, 0.2) is 0 Å². The molecule has 5 heteroatoms. The number of methoxy groups -OCH3 is 1. The number of hydrogen-bond donors (Lipinski definition) is 2. The Kier molecular flexibility index (Phi) is 6.75. The summed E-state index contributed by atoms with van der Waals surface area (Å²) in [5.41, 5.74) is -0.811. The van der Waals surface area contributed by atoms with Gasteiger partial charge in [-0.1, -0.05) is 6.92 Å². The first kappa shape index (κ1) is 16.4. The van der Waals surface area contributed by atoms with Gasteiger partial charge >= 0.3 is 5.97 Å². The van der Waals surface area contributed by atoms with Crippen molar-refractivity contribution in [3.63, 3.8) is 0 Å². The van der Waals surface area contributed by atoms with Gasteiger partial charge in [0.25, 0.3) is 0 Å². The van der Waals surface area contributed by atoms with Gasteiger partial charge in [0.15, 0.2) is 0 Å². The van der Waals surface area contributed by atoms with E-state index in [1.54, 1.807) is 14.0 Å². The summed E-state index contributed by atoms with van der Waals surface area (Å²) < 4.78 is 5.34. The van der Waals surface area contributed by atoms with Crippen LogP contribution in [0.3, 0.4) is 0 Å². The van der Waals surface area contributed by atoms with Crippen molar-refractivity contribution in [2.45, 2.75) is 51.2 Å². The highest BCUT2D eigenvalue weighted by Crippen LogP contribution is 2.16. The molecule has 0 aromatic rings. The molecule has 0 spiro atoms. The molecule has 0 saturated carbocycles. The van der Waals surface area contributed by atoms with Crippen molar-refractivity contribution in [2.75, 3.05) is 33.3 Å². The van der Waals surface area contributed by atoms with E-state index in [1.165, 1.54) is 0 Å². The fraction of sp³-hybridized carbons (Fsp3) is 0.929. The number of nitrogens with zero attached hydrogens (tertiary/aromatic N) is 1. The van der Waals surface area contributed by atoms with Gasteiger partial charge in [0.05, 0.1) is 6.10 Å². The van der Waals surface area contributed by atoms with Crippen LogP contribution in [-0.2, 0) is 9.53 Å². The first-order chi connectivity index (χ1) is 9.01. The minimum Gasteiger partial charge on any atom is -0.480 e. The average Bonchev–Trinajstić information content (AvgIpc) is 2.43. The lowest BCUT2D eigenvalue weighted by molar-refractivity contribution is -0.144. The number of rotatable bonds is 8. The molecular weight excluding hydrogens is 244 g/mol. The third-order valence-corrected chi connectivity index (χ3v) is 4.03. The Hall–Kier alpha value is -0.650. The van der Waals surface area contributed by atoms with Crippen molar-refractivity contribution in [1.29, 1.82) is 0 Å². The van der Waals surface area contributed by atoms with E-state index in [0.29, 0.717) is 12.5 Å². The minimum absolute atomic E-state index is 0.375. The Morgan fingerprint density at radius 1 is 1.47 bits per heavy atom. The Balaban J connectivity index is 2.38. The number of likely N-dealkylation sites (tertiary alicyclic amines) is 1. The van der Waals surface area contributed by atoms with E-state index < -0.39 is 11.5 Å². The van der Waals surface area contributed by atoms with Crippen LogP contribution in [0.2, 0.25) is 0 Å². The van der Waals surface area contributed by atoms with Crippen LogP contribution >= 0.6 is 0 Å². The maximum atomic E-state index is 11.4. The molecule has 0 aliphatic carbocycles. The molecule has 0 aromatic carbocycles. The molecule has 2 N–H and O–H groups in total. The number of carboxylic acids is 1. The quantitative estimate of drug-likeness (QED) is 0.698. The van der Waals surface area contributed by atoms with E-state index in [-0.39, 0.29) is 0 Å². The number of carboxylic acid groups (broad SMARTS) is 1. The zero-order chi connectivity index (χ0) is 14.3. The number of piperidine rings is 1. The molecule has 1 unspecified atom stereocenters. The number of ether oxygens (including phenoxy) is 1. The highest BCUT2D eigenvalue weighted by atomic mass is 16.5. The fourth-order valence-electron chi connectivity index (χ4n) is 2.42. The first-order valence-corrected chi connectivity index (χ1v) is 7.25. The Labute approximate surface area is 116 Å². The second-order valence-corrected chi connectivity index (χ2v) is 5.59. The summed E-state index contributed by atoms with van der Waals surface area (Å²) in [4.78, 5) is 13.7. The number of nitrogens with one attached hydrogen (secondary N) is 1. The van der Waals surface area contributed by atoms with E-state index >= 15 is 0 Å². The molecule has 5 nitrogen and oxygen atoms in total. The molecule has 112 valence electrons. The molecule has 0 amide bonds. The van der Waals surface area contributed by atoms with Gasteiger partial charge in [0, 0.05) is 26.7 Å². The predicted octanol–water partition coefficient (Wildman–Crippen LogP) is 1.33. The number of aliphatic carboxylic acids is 1. The van der Waals surface area contributed by atoms with Crippen LogP contribution in [0.25, 0.3) is 0 Å². The molecule has 1 heterocycles. The summed E-state index contributed by atoms with van der Waals surface area (Å²) in [6.07, 6.45) is 4.05. The SMILES string of the molecule is CCCNC(C)(CCN1CCC(OC)CC1)C(=O)O. The van der Waals surface area contributed by atoms with Crippen LogP contribution in [0.4, 0.5) is 0 Å². The van der Waals surface area contributed by atoms with E-state index in [2.05, 4.69) is 10.2 Å². The van der Waals surface area contributed by atoms with Gasteiger partial charge in [0.2, 0.25) is 0 Å². The summed E-state index contributed by atoms with van der Waals surface area (Å²) in [6, 6.07) is 0. The number of carbonyl (C=O) groups is 1. The van der Waals surface area contributed by atoms with Gasteiger partial charge in [-0.25, -0.2) is 0 Å². The third-order valence-electron chi connectivity index (χ3n) is 4.03. The van der Waals surface area contributed by atoms with Crippen molar-refractivity contribution in [1.82, 2.24) is 10.2 Å². The molecule has 1 aliphatic rings. The lowest BCUT2D eigenvalue weighted by Gasteiger charge is -2.34. The summed E-state index contributed by atoms with van der Waals surface area (Å²) >= 11 is 0. The lowest BCUT2D eigenvalue weighted by Crippen LogP contribution is -2.52. The van der Waals surface area contributed by atoms with Crippen molar-refractivity contribution in [2.24, 2.45) is 0 Å². The molecule has 1 atom stereocenters. The third kappa shape index (κ3) is 5.09. The smallest absolute Gasteiger partial charge is 0.323 e. The Bertz CT molecular complexity index is 278. The average molecular weight is 272 g/mol.